The van der Waals surface area contributed by atoms with Crippen LogP contribution < -0.4 is 5.73 Å². The van der Waals surface area contributed by atoms with E-state index in [1.807, 2.05) is 0 Å². The van der Waals surface area contributed by atoms with Crippen molar-refractivity contribution in [2.24, 2.45) is 23.0 Å². The Bertz CT molecular complexity index is 207. The first kappa shape index (κ1) is 14.0. The number of likely N-dealkylation sites (tertiary alicyclic amines) is 1. The Labute approximate surface area is 102 Å². The van der Waals surface area contributed by atoms with Crippen LogP contribution in [-0.4, -0.2) is 30.6 Å². The van der Waals surface area contributed by atoms with Gasteiger partial charge in [0, 0.05) is 19.1 Å². The highest BCUT2D eigenvalue weighted by molar-refractivity contribution is 4.88. The molecule has 0 aromatic heterocycles. The first-order valence-electron chi connectivity index (χ1n) is 6.84. The van der Waals surface area contributed by atoms with Crippen LogP contribution in [0.5, 0.6) is 0 Å². The summed E-state index contributed by atoms with van der Waals surface area (Å²) in [5.41, 5.74) is 6.39. The Morgan fingerprint density at radius 1 is 1.38 bits per heavy atom. The van der Waals surface area contributed by atoms with Gasteiger partial charge in [-0.15, -0.1) is 0 Å². The second-order valence-corrected chi connectivity index (χ2v) is 6.54. The van der Waals surface area contributed by atoms with E-state index < -0.39 is 0 Å². The minimum absolute atomic E-state index is 0.448. The summed E-state index contributed by atoms with van der Waals surface area (Å²) in [4.78, 5) is 2.63. The van der Waals surface area contributed by atoms with Gasteiger partial charge in [-0.25, -0.2) is 0 Å². The summed E-state index contributed by atoms with van der Waals surface area (Å²) in [6, 6.07) is 0.595. The molecule has 16 heavy (non-hydrogen) atoms. The van der Waals surface area contributed by atoms with Crippen LogP contribution in [0.4, 0.5) is 0 Å². The van der Waals surface area contributed by atoms with Crippen LogP contribution in [0, 0.1) is 17.3 Å². The Morgan fingerprint density at radius 3 is 2.38 bits per heavy atom. The molecule has 1 aliphatic heterocycles. The Kier molecular flexibility index (Phi) is 4.81. The number of hydrogen-bond acceptors (Lipinski definition) is 2. The molecule has 1 fully saturated rings. The molecule has 0 aliphatic carbocycles. The summed E-state index contributed by atoms with van der Waals surface area (Å²) in [6.07, 6.45) is 2.58. The Morgan fingerprint density at radius 2 is 2.00 bits per heavy atom. The average Bonchev–Trinajstić information content (AvgIpc) is 2.67. The summed E-state index contributed by atoms with van der Waals surface area (Å²) >= 11 is 0. The van der Waals surface area contributed by atoms with Crippen molar-refractivity contribution in [3.05, 3.63) is 0 Å². The minimum atomic E-state index is 0.448. The molecule has 2 N–H and O–H groups in total. The molecular formula is C14H30N2. The van der Waals surface area contributed by atoms with Gasteiger partial charge in [-0.3, -0.25) is 4.90 Å². The monoisotopic (exact) mass is 226 g/mol. The summed E-state index contributed by atoms with van der Waals surface area (Å²) in [6.45, 7) is 15.0. The molecule has 1 saturated heterocycles. The van der Waals surface area contributed by atoms with Crippen LogP contribution in [0.25, 0.3) is 0 Å². The zero-order valence-corrected chi connectivity index (χ0v) is 11.8. The fraction of sp³-hybridized carbons (Fsp3) is 1.00. The third kappa shape index (κ3) is 3.21. The SMILES string of the molecule is CCC(C)C(CN)N1CCC(C(C)(C)C)C1. The van der Waals surface area contributed by atoms with Crippen LogP contribution in [0.1, 0.15) is 47.5 Å². The summed E-state index contributed by atoms with van der Waals surface area (Å²) in [5, 5.41) is 0. The second kappa shape index (κ2) is 5.50. The maximum absolute atomic E-state index is 5.94. The molecule has 3 unspecified atom stereocenters. The highest BCUT2D eigenvalue weighted by Gasteiger charge is 2.35. The Hall–Kier alpha value is -0.0800. The van der Waals surface area contributed by atoms with Gasteiger partial charge < -0.3 is 5.73 Å². The van der Waals surface area contributed by atoms with Crippen molar-refractivity contribution in [3.63, 3.8) is 0 Å². The molecule has 0 bridgehead atoms. The van der Waals surface area contributed by atoms with E-state index in [-0.39, 0.29) is 0 Å². The number of nitrogens with two attached hydrogens (primary N) is 1. The molecule has 3 atom stereocenters. The van der Waals surface area contributed by atoms with Crippen LogP contribution in [0.15, 0.2) is 0 Å². The van der Waals surface area contributed by atoms with Crippen molar-refractivity contribution in [1.29, 1.82) is 0 Å². The molecular weight excluding hydrogens is 196 g/mol. The second-order valence-electron chi connectivity index (χ2n) is 6.54. The van der Waals surface area contributed by atoms with Crippen LogP contribution in [-0.2, 0) is 0 Å². The quantitative estimate of drug-likeness (QED) is 0.798. The van der Waals surface area contributed by atoms with Gasteiger partial charge >= 0.3 is 0 Å². The molecule has 0 amide bonds. The van der Waals surface area contributed by atoms with Crippen molar-refractivity contribution >= 4 is 0 Å². The third-order valence-electron chi connectivity index (χ3n) is 4.46. The first-order chi connectivity index (χ1) is 7.40. The van der Waals surface area contributed by atoms with Gasteiger partial charge in [-0.05, 0) is 30.2 Å². The molecule has 0 aromatic rings. The van der Waals surface area contributed by atoms with Crippen LogP contribution >= 0.6 is 0 Å². The van der Waals surface area contributed by atoms with E-state index in [9.17, 15) is 0 Å². The Balaban J connectivity index is 2.57. The molecule has 1 heterocycles. The van der Waals surface area contributed by atoms with Crippen molar-refractivity contribution in [1.82, 2.24) is 4.90 Å². The standard InChI is InChI=1S/C14H30N2/c1-6-11(2)13(9-15)16-8-7-12(10-16)14(3,4)5/h11-13H,6-10,15H2,1-5H3. The van der Waals surface area contributed by atoms with Gasteiger partial charge in [0.05, 0.1) is 0 Å². The van der Waals surface area contributed by atoms with Crippen LogP contribution in [0.2, 0.25) is 0 Å². The molecule has 0 radical (unpaired) electrons. The fourth-order valence-electron chi connectivity index (χ4n) is 2.81. The maximum Gasteiger partial charge on any atom is 0.0244 e. The van der Waals surface area contributed by atoms with Gasteiger partial charge in [0.1, 0.15) is 0 Å². The van der Waals surface area contributed by atoms with E-state index in [1.54, 1.807) is 0 Å². The molecule has 0 saturated carbocycles. The maximum atomic E-state index is 5.94. The van der Waals surface area contributed by atoms with Crippen molar-refractivity contribution in [3.8, 4) is 0 Å². The molecule has 0 aromatic carbocycles. The lowest BCUT2D eigenvalue weighted by Crippen LogP contribution is -2.44. The topological polar surface area (TPSA) is 29.3 Å². The molecule has 1 rings (SSSR count). The number of rotatable bonds is 4. The normalized spacial score (nSPS) is 27.0. The van der Waals surface area contributed by atoms with E-state index in [4.69, 9.17) is 5.73 Å². The number of hydrogen-bond donors (Lipinski definition) is 1. The van der Waals surface area contributed by atoms with Gasteiger partial charge in [0.15, 0.2) is 0 Å². The minimum Gasteiger partial charge on any atom is -0.329 e. The zero-order chi connectivity index (χ0) is 12.3. The van der Waals surface area contributed by atoms with E-state index in [2.05, 4.69) is 39.5 Å². The van der Waals surface area contributed by atoms with E-state index in [0.717, 1.165) is 18.4 Å². The predicted octanol–water partition coefficient (Wildman–Crippen LogP) is 2.73. The summed E-state index contributed by atoms with van der Waals surface area (Å²) in [5.74, 6) is 1.56. The van der Waals surface area contributed by atoms with E-state index >= 15 is 0 Å². The van der Waals surface area contributed by atoms with Crippen molar-refractivity contribution in [2.45, 2.75) is 53.5 Å². The largest absolute Gasteiger partial charge is 0.329 e. The van der Waals surface area contributed by atoms with Crippen LogP contribution in [0.3, 0.4) is 0 Å². The lowest BCUT2D eigenvalue weighted by atomic mass is 9.80. The molecule has 2 nitrogen and oxygen atoms in total. The van der Waals surface area contributed by atoms with Gasteiger partial charge in [-0.2, -0.15) is 0 Å². The summed E-state index contributed by atoms with van der Waals surface area (Å²) in [7, 11) is 0. The fourth-order valence-corrected chi connectivity index (χ4v) is 2.81. The lowest BCUT2D eigenvalue weighted by molar-refractivity contribution is 0.158. The predicted molar refractivity (Wildman–Crippen MR) is 71.4 cm³/mol. The average molecular weight is 226 g/mol. The van der Waals surface area contributed by atoms with Gasteiger partial charge in [-0.1, -0.05) is 41.0 Å². The first-order valence-corrected chi connectivity index (χ1v) is 6.84. The molecule has 96 valence electrons. The molecule has 2 heteroatoms. The molecule has 1 aliphatic rings. The summed E-state index contributed by atoms with van der Waals surface area (Å²) < 4.78 is 0. The van der Waals surface area contributed by atoms with E-state index in [0.29, 0.717) is 11.5 Å². The number of nitrogens with zero attached hydrogens (tertiary/aromatic N) is 1. The van der Waals surface area contributed by atoms with Gasteiger partial charge in [0.2, 0.25) is 0 Å². The van der Waals surface area contributed by atoms with Crippen molar-refractivity contribution in [2.75, 3.05) is 19.6 Å². The highest BCUT2D eigenvalue weighted by atomic mass is 15.2. The molecule has 0 spiro atoms. The smallest absolute Gasteiger partial charge is 0.0244 e. The third-order valence-corrected chi connectivity index (χ3v) is 4.46. The van der Waals surface area contributed by atoms with Gasteiger partial charge in [0.25, 0.3) is 0 Å². The highest BCUT2D eigenvalue weighted by Crippen LogP contribution is 2.35. The van der Waals surface area contributed by atoms with E-state index in [1.165, 1.54) is 25.9 Å². The zero-order valence-electron chi connectivity index (χ0n) is 11.8. The van der Waals surface area contributed by atoms with Crippen molar-refractivity contribution < 1.29 is 0 Å². The lowest BCUT2D eigenvalue weighted by Gasteiger charge is -2.33.